The molecular weight excluding hydrogens is 308 g/mol. The summed E-state index contributed by atoms with van der Waals surface area (Å²) in [5.41, 5.74) is 3.33. The number of nitrogens with zero attached hydrogens (tertiary/aromatic N) is 1. The van der Waals surface area contributed by atoms with Crippen LogP contribution in [0.25, 0.3) is 0 Å². The Hall–Kier alpha value is -1.32. The van der Waals surface area contributed by atoms with E-state index in [2.05, 4.69) is 70.5 Å². The molecule has 2 rings (SSSR count). The SMILES string of the molecule is C=CC[C@@H](c1cc(C(C)(C)C)cc(C(C)(C)C)c1O)N1CCNCC1. The van der Waals surface area contributed by atoms with Crippen LogP contribution in [-0.4, -0.2) is 36.2 Å². The molecule has 0 amide bonds. The smallest absolute Gasteiger partial charge is 0.124 e. The van der Waals surface area contributed by atoms with E-state index < -0.39 is 0 Å². The van der Waals surface area contributed by atoms with Gasteiger partial charge in [-0.15, -0.1) is 6.58 Å². The second-order valence-corrected chi connectivity index (χ2v) is 9.29. The molecule has 0 radical (unpaired) electrons. The topological polar surface area (TPSA) is 35.5 Å². The monoisotopic (exact) mass is 344 g/mol. The van der Waals surface area contributed by atoms with Gasteiger partial charge in [0.25, 0.3) is 0 Å². The number of nitrogens with one attached hydrogen (secondary N) is 1. The van der Waals surface area contributed by atoms with Crippen LogP contribution >= 0.6 is 0 Å². The minimum absolute atomic E-state index is 0.0463. The van der Waals surface area contributed by atoms with Crippen LogP contribution in [0.3, 0.4) is 0 Å². The van der Waals surface area contributed by atoms with Crippen LogP contribution in [0, 0.1) is 0 Å². The first-order valence-electron chi connectivity index (χ1n) is 9.49. The minimum atomic E-state index is -0.0950. The summed E-state index contributed by atoms with van der Waals surface area (Å²) in [5.74, 6) is 0.464. The van der Waals surface area contributed by atoms with Gasteiger partial charge >= 0.3 is 0 Å². The lowest BCUT2D eigenvalue weighted by molar-refractivity contribution is 0.171. The van der Waals surface area contributed by atoms with Crippen LogP contribution < -0.4 is 5.32 Å². The van der Waals surface area contributed by atoms with Crippen LogP contribution in [0.1, 0.15) is 70.7 Å². The van der Waals surface area contributed by atoms with Gasteiger partial charge in [0, 0.05) is 37.8 Å². The number of phenols is 1. The fourth-order valence-corrected chi connectivity index (χ4v) is 3.54. The molecule has 1 aliphatic heterocycles. The second kappa shape index (κ2) is 7.51. The highest BCUT2D eigenvalue weighted by molar-refractivity contribution is 5.50. The van der Waals surface area contributed by atoms with Crippen molar-refractivity contribution >= 4 is 0 Å². The zero-order chi connectivity index (χ0) is 18.8. The van der Waals surface area contributed by atoms with Gasteiger partial charge in [0.05, 0.1) is 0 Å². The summed E-state index contributed by atoms with van der Waals surface area (Å²) in [4.78, 5) is 2.48. The van der Waals surface area contributed by atoms with Crippen molar-refractivity contribution in [2.24, 2.45) is 0 Å². The van der Waals surface area contributed by atoms with Crippen molar-refractivity contribution in [1.29, 1.82) is 0 Å². The number of benzene rings is 1. The van der Waals surface area contributed by atoms with Gasteiger partial charge < -0.3 is 10.4 Å². The first-order valence-corrected chi connectivity index (χ1v) is 9.49. The normalized spacial score (nSPS) is 18.2. The van der Waals surface area contributed by atoms with Gasteiger partial charge in [-0.1, -0.05) is 53.7 Å². The molecule has 1 saturated heterocycles. The second-order valence-electron chi connectivity index (χ2n) is 9.29. The van der Waals surface area contributed by atoms with Crippen LogP contribution in [-0.2, 0) is 10.8 Å². The fraction of sp³-hybridized carbons (Fsp3) is 0.636. The average Bonchev–Trinajstić information content (AvgIpc) is 2.52. The van der Waals surface area contributed by atoms with Gasteiger partial charge in [0.15, 0.2) is 0 Å². The standard InChI is InChI=1S/C22H36N2O/c1-8-9-19(24-12-10-23-11-13-24)17-14-16(21(2,3)4)15-18(20(17)25)22(5,6)7/h8,14-15,19,23,25H,1,9-13H2,2-7H3/t19-/m0/s1. The summed E-state index contributed by atoms with van der Waals surface area (Å²) in [6.07, 6.45) is 2.83. The summed E-state index contributed by atoms with van der Waals surface area (Å²) < 4.78 is 0. The summed E-state index contributed by atoms with van der Waals surface area (Å²) in [6.45, 7) is 21.2. The summed E-state index contributed by atoms with van der Waals surface area (Å²) in [5, 5.41) is 14.6. The number of aromatic hydroxyl groups is 1. The molecular formula is C22H36N2O. The number of phenolic OH excluding ortho intramolecular Hbond substituents is 1. The van der Waals surface area contributed by atoms with Crippen molar-refractivity contribution < 1.29 is 5.11 Å². The maximum absolute atomic E-state index is 11.2. The lowest BCUT2D eigenvalue weighted by Crippen LogP contribution is -2.45. The Bertz CT molecular complexity index is 602. The molecule has 2 N–H and O–H groups in total. The van der Waals surface area contributed by atoms with E-state index in [-0.39, 0.29) is 16.9 Å². The highest BCUT2D eigenvalue weighted by Crippen LogP contribution is 2.42. The number of rotatable bonds is 4. The van der Waals surface area contributed by atoms with Gasteiger partial charge in [0.1, 0.15) is 5.75 Å². The predicted molar refractivity (Wildman–Crippen MR) is 108 cm³/mol. The van der Waals surface area contributed by atoms with Gasteiger partial charge in [-0.2, -0.15) is 0 Å². The molecule has 1 aromatic rings. The Morgan fingerprint density at radius 2 is 1.72 bits per heavy atom. The number of hydrogen-bond donors (Lipinski definition) is 2. The van der Waals surface area contributed by atoms with Crippen molar-refractivity contribution in [2.75, 3.05) is 26.2 Å². The average molecular weight is 345 g/mol. The van der Waals surface area contributed by atoms with E-state index in [1.54, 1.807) is 0 Å². The van der Waals surface area contributed by atoms with Crippen LogP contribution in [0.5, 0.6) is 5.75 Å². The maximum atomic E-state index is 11.2. The molecule has 0 aromatic heterocycles. The molecule has 0 spiro atoms. The van der Waals surface area contributed by atoms with Gasteiger partial charge in [-0.3, -0.25) is 4.90 Å². The Kier molecular flexibility index (Phi) is 6.01. The van der Waals surface area contributed by atoms with Crippen LogP contribution in [0.15, 0.2) is 24.8 Å². The third-order valence-electron chi connectivity index (χ3n) is 5.15. The lowest BCUT2D eigenvalue weighted by Gasteiger charge is -2.37. The number of piperazine rings is 1. The highest BCUT2D eigenvalue weighted by Gasteiger charge is 2.30. The summed E-state index contributed by atoms with van der Waals surface area (Å²) in [7, 11) is 0. The first-order chi connectivity index (χ1) is 11.6. The third-order valence-corrected chi connectivity index (χ3v) is 5.15. The van der Waals surface area contributed by atoms with E-state index in [0.29, 0.717) is 5.75 Å². The van der Waals surface area contributed by atoms with Gasteiger partial charge in [0.2, 0.25) is 0 Å². The zero-order valence-electron chi connectivity index (χ0n) is 16.9. The molecule has 3 nitrogen and oxygen atoms in total. The van der Waals surface area contributed by atoms with Gasteiger partial charge in [-0.25, -0.2) is 0 Å². The molecule has 1 fully saturated rings. The molecule has 0 aliphatic carbocycles. The van der Waals surface area contributed by atoms with Crippen molar-refractivity contribution in [3.05, 3.63) is 41.5 Å². The van der Waals surface area contributed by atoms with Crippen LogP contribution in [0.4, 0.5) is 0 Å². The molecule has 0 bridgehead atoms. The zero-order valence-corrected chi connectivity index (χ0v) is 16.9. The van der Waals surface area contributed by atoms with E-state index in [1.165, 1.54) is 5.56 Å². The molecule has 1 atom stereocenters. The predicted octanol–water partition coefficient (Wildman–Crippen LogP) is 4.51. The van der Waals surface area contributed by atoms with E-state index in [1.807, 2.05) is 6.08 Å². The Labute approximate surface area is 154 Å². The number of hydrogen-bond acceptors (Lipinski definition) is 3. The van der Waals surface area contributed by atoms with Crippen molar-refractivity contribution in [3.63, 3.8) is 0 Å². The summed E-state index contributed by atoms with van der Waals surface area (Å²) in [6, 6.07) is 4.60. The summed E-state index contributed by atoms with van der Waals surface area (Å²) >= 11 is 0. The van der Waals surface area contributed by atoms with E-state index in [9.17, 15) is 5.11 Å². The minimum Gasteiger partial charge on any atom is -0.507 e. The largest absolute Gasteiger partial charge is 0.507 e. The molecule has 0 unspecified atom stereocenters. The quantitative estimate of drug-likeness (QED) is 0.789. The molecule has 1 aliphatic rings. The van der Waals surface area contributed by atoms with E-state index >= 15 is 0 Å². The van der Waals surface area contributed by atoms with Crippen molar-refractivity contribution in [1.82, 2.24) is 10.2 Å². The Morgan fingerprint density at radius 3 is 2.20 bits per heavy atom. The Morgan fingerprint density at radius 1 is 1.12 bits per heavy atom. The first kappa shape index (κ1) is 20.0. The lowest BCUT2D eigenvalue weighted by atomic mass is 9.77. The fourth-order valence-electron chi connectivity index (χ4n) is 3.54. The van der Waals surface area contributed by atoms with Crippen molar-refractivity contribution in [2.45, 2.75) is 64.8 Å². The molecule has 140 valence electrons. The molecule has 3 heteroatoms. The van der Waals surface area contributed by atoms with Crippen LogP contribution in [0.2, 0.25) is 0 Å². The maximum Gasteiger partial charge on any atom is 0.124 e. The van der Waals surface area contributed by atoms with E-state index in [0.717, 1.165) is 43.7 Å². The van der Waals surface area contributed by atoms with Crippen molar-refractivity contribution in [3.8, 4) is 5.75 Å². The molecule has 1 aromatic carbocycles. The third kappa shape index (κ3) is 4.65. The molecule has 1 heterocycles. The molecule has 25 heavy (non-hydrogen) atoms. The Balaban J connectivity index is 2.61. The molecule has 0 saturated carbocycles. The highest BCUT2D eigenvalue weighted by atomic mass is 16.3. The van der Waals surface area contributed by atoms with Gasteiger partial charge in [-0.05, 0) is 34.4 Å². The van der Waals surface area contributed by atoms with E-state index in [4.69, 9.17) is 0 Å².